The van der Waals surface area contributed by atoms with Crippen LogP contribution < -0.4 is 0 Å². The molecule has 122 heavy (non-hydrogen) atoms. The number of fused-ring (bicyclic) bond motifs is 6. The molecule has 0 aliphatic rings. The molecule has 0 fully saturated rings. The van der Waals surface area contributed by atoms with Gasteiger partial charge in [-0.2, -0.15) is 0 Å². The Kier molecular flexibility index (Phi) is 19.4. The molecule has 11 heteroatoms. The molecule has 0 bridgehead atoms. The van der Waals surface area contributed by atoms with Crippen LogP contribution in [0.2, 0.25) is 0 Å². The van der Waals surface area contributed by atoms with Gasteiger partial charge in [-0.1, -0.05) is 364 Å². The van der Waals surface area contributed by atoms with Crippen molar-refractivity contribution in [3.8, 4) is 180 Å². The highest BCUT2D eigenvalue weighted by Gasteiger charge is 2.23. The molecule has 6 aromatic heterocycles. The summed E-state index contributed by atoms with van der Waals surface area (Å²) in [7, 11) is 0. The number of furan rings is 2. The molecule has 22 rings (SSSR count). The first-order valence-corrected chi connectivity index (χ1v) is 40.6. The number of nitrogens with zero attached hydrogens (tertiary/aromatic N) is 9. The van der Waals surface area contributed by atoms with Crippen LogP contribution in [0.4, 0.5) is 0 Å². The Labute approximate surface area is 704 Å². The molecular weight excluding hydrogens is 1490 g/mol. The Bertz CT molecular complexity index is 7400. The van der Waals surface area contributed by atoms with Gasteiger partial charge in [0.2, 0.25) is 0 Å². The number of aromatic nitrogens is 9. The molecule has 11 nitrogen and oxygen atoms in total. The molecule has 22 aromatic rings. The zero-order valence-corrected chi connectivity index (χ0v) is 65.8. The Hall–Kier alpha value is -16.6. The molecule has 6 heterocycles. The van der Waals surface area contributed by atoms with Gasteiger partial charge in [0.15, 0.2) is 34.9 Å². The van der Waals surface area contributed by atoms with Crippen LogP contribution in [0.1, 0.15) is 0 Å². The minimum atomic E-state index is 0.529. The van der Waals surface area contributed by atoms with Crippen molar-refractivity contribution < 1.29 is 8.83 Å². The standard InChI is InChI=1S/C62H40N4O.C49H31N5O/c1-5-16-41(17-6-1)49-24-15-25-50(36-49)58-40-57(65-62(66-58)48-22-11-4-12-23-48)45-32-28-42(29-33-45)51-37-53(60-54(38-51)52-26-13-14-27-59(52)67-60)43-30-34-46(35-31-43)56-39-55(44-18-7-2-8-19-44)63-61(64-56)47-20-9-3-10-21-47;1-5-16-32(17-6-1)42-31-43(33-18-7-2-8-19-33)51-48(50-42)37-25-15-24-36(28-37)38-29-40-39-26-13-14-27-44(39)55-45(40)41(30-38)49-53-46(34-20-9-3-10-21-34)52-47(54-49)35-22-11-4-12-23-35/h1-40H;1-31H. The fraction of sp³-hybridized carbons (Fsp3) is 0. The summed E-state index contributed by atoms with van der Waals surface area (Å²) in [6, 6.07) is 147. The van der Waals surface area contributed by atoms with Gasteiger partial charge in [0.25, 0.3) is 0 Å². The molecular formula is C111H71N9O2. The fourth-order valence-corrected chi connectivity index (χ4v) is 15.9. The predicted octanol–water partition coefficient (Wildman–Crippen LogP) is 28.4. The number of hydrogen-bond acceptors (Lipinski definition) is 11. The highest BCUT2D eigenvalue weighted by molar-refractivity contribution is 6.13. The van der Waals surface area contributed by atoms with E-state index in [1.165, 1.54) is 0 Å². The van der Waals surface area contributed by atoms with Crippen molar-refractivity contribution in [3.63, 3.8) is 0 Å². The largest absolute Gasteiger partial charge is 0.455 e. The lowest BCUT2D eigenvalue weighted by Crippen LogP contribution is -2.00. The van der Waals surface area contributed by atoms with Crippen molar-refractivity contribution in [1.29, 1.82) is 0 Å². The predicted molar refractivity (Wildman–Crippen MR) is 495 cm³/mol. The summed E-state index contributed by atoms with van der Waals surface area (Å²) in [6.45, 7) is 0. The van der Waals surface area contributed by atoms with Gasteiger partial charge in [-0.15, -0.1) is 0 Å². The van der Waals surface area contributed by atoms with Gasteiger partial charge in [0.1, 0.15) is 22.3 Å². The first-order chi connectivity index (χ1) is 60.4. The van der Waals surface area contributed by atoms with Crippen LogP contribution in [0.25, 0.3) is 224 Å². The van der Waals surface area contributed by atoms with E-state index in [-0.39, 0.29) is 0 Å². The highest BCUT2D eigenvalue weighted by atomic mass is 16.3. The Morgan fingerprint density at radius 1 is 0.131 bits per heavy atom. The number of para-hydroxylation sites is 2. The lowest BCUT2D eigenvalue weighted by atomic mass is 9.94. The van der Waals surface area contributed by atoms with E-state index in [0.717, 1.165) is 189 Å². The Morgan fingerprint density at radius 2 is 0.385 bits per heavy atom. The van der Waals surface area contributed by atoms with Crippen LogP contribution in [-0.2, 0) is 0 Å². The Balaban J connectivity index is 0.000000153. The van der Waals surface area contributed by atoms with Crippen molar-refractivity contribution in [2.75, 3.05) is 0 Å². The minimum absolute atomic E-state index is 0.529. The van der Waals surface area contributed by atoms with Crippen LogP contribution in [0.3, 0.4) is 0 Å². The molecule has 0 unspecified atom stereocenters. The zero-order chi connectivity index (χ0) is 81.1. The van der Waals surface area contributed by atoms with Crippen molar-refractivity contribution in [3.05, 3.63) is 431 Å². The van der Waals surface area contributed by atoms with Crippen LogP contribution in [-0.4, -0.2) is 44.9 Å². The molecule has 0 spiro atoms. The van der Waals surface area contributed by atoms with E-state index in [1.54, 1.807) is 0 Å². The zero-order valence-electron chi connectivity index (χ0n) is 65.8. The molecule has 0 N–H and O–H groups in total. The average molecular weight is 1560 g/mol. The summed E-state index contributed by atoms with van der Waals surface area (Å²) >= 11 is 0. The van der Waals surface area contributed by atoms with Crippen molar-refractivity contribution in [1.82, 2.24) is 44.9 Å². The van der Waals surface area contributed by atoms with E-state index in [1.807, 2.05) is 188 Å². The van der Waals surface area contributed by atoms with E-state index >= 15 is 0 Å². The molecule has 0 saturated carbocycles. The number of rotatable bonds is 16. The van der Waals surface area contributed by atoms with Crippen LogP contribution >= 0.6 is 0 Å². The second kappa shape index (κ2) is 32.5. The first-order valence-electron chi connectivity index (χ1n) is 40.6. The Morgan fingerprint density at radius 3 is 0.803 bits per heavy atom. The monoisotopic (exact) mass is 1560 g/mol. The molecule has 0 radical (unpaired) electrons. The second-order valence-electron chi connectivity index (χ2n) is 29.9. The lowest BCUT2D eigenvalue weighted by molar-refractivity contribution is 0.669. The van der Waals surface area contributed by atoms with Crippen LogP contribution in [0.5, 0.6) is 0 Å². The van der Waals surface area contributed by atoms with Gasteiger partial charge in [-0.3, -0.25) is 0 Å². The number of benzene rings is 16. The molecule has 0 saturated heterocycles. The smallest absolute Gasteiger partial charge is 0.167 e. The summed E-state index contributed by atoms with van der Waals surface area (Å²) in [5.41, 5.74) is 28.5. The van der Waals surface area contributed by atoms with Crippen LogP contribution in [0, 0.1) is 0 Å². The highest BCUT2D eigenvalue weighted by Crippen LogP contribution is 2.44. The quantitative estimate of drug-likeness (QED) is 0.0912. The van der Waals surface area contributed by atoms with Gasteiger partial charge in [0, 0.05) is 88.3 Å². The van der Waals surface area contributed by atoms with Gasteiger partial charge in [0.05, 0.1) is 39.7 Å². The molecule has 16 aromatic carbocycles. The van der Waals surface area contributed by atoms with Crippen LogP contribution in [0.15, 0.2) is 440 Å². The van der Waals surface area contributed by atoms with Crippen molar-refractivity contribution in [2.45, 2.75) is 0 Å². The van der Waals surface area contributed by atoms with E-state index in [4.69, 9.17) is 53.7 Å². The average Bonchev–Trinajstić information content (AvgIpc) is 1.58. The summed E-state index contributed by atoms with van der Waals surface area (Å²) in [4.78, 5) is 45.7. The summed E-state index contributed by atoms with van der Waals surface area (Å²) < 4.78 is 13.2. The summed E-state index contributed by atoms with van der Waals surface area (Å²) in [6.07, 6.45) is 0. The van der Waals surface area contributed by atoms with Gasteiger partial charge in [-0.05, 0) is 106 Å². The lowest BCUT2D eigenvalue weighted by Gasteiger charge is -2.12. The van der Waals surface area contributed by atoms with Crippen molar-refractivity contribution >= 4 is 43.9 Å². The molecule has 572 valence electrons. The van der Waals surface area contributed by atoms with E-state index in [9.17, 15) is 0 Å². The molecule has 0 aliphatic carbocycles. The second-order valence-corrected chi connectivity index (χ2v) is 29.9. The third kappa shape index (κ3) is 14.9. The summed E-state index contributed by atoms with van der Waals surface area (Å²) in [5, 5.41) is 4.14. The number of hydrogen-bond donors (Lipinski definition) is 0. The third-order valence-electron chi connectivity index (χ3n) is 22.1. The van der Waals surface area contributed by atoms with E-state index in [2.05, 4.69) is 243 Å². The minimum Gasteiger partial charge on any atom is -0.455 e. The van der Waals surface area contributed by atoms with E-state index < -0.39 is 0 Å². The van der Waals surface area contributed by atoms with Gasteiger partial charge < -0.3 is 8.83 Å². The maximum absolute atomic E-state index is 6.64. The van der Waals surface area contributed by atoms with Gasteiger partial charge in [-0.25, -0.2) is 44.9 Å². The topological polar surface area (TPSA) is 142 Å². The molecule has 0 aliphatic heterocycles. The normalized spacial score (nSPS) is 11.3. The van der Waals surface area contributed by atoms with Gasteiger partial charge >= 0.3 is 0 Å². The fourth-order valence-electron chi connectivity index (χ4n) is 15.9. The third-order valence-corrected chi connectivity index (χ3v) is 22.1. The SMILES string of the molecule is c1ccc(-c2cc(-c3ccccc3)nc(-c3cccc(-c4cc(-c5nc(-c6ccccc6)nc(-c6ccccc6)n5)c5oc6ccccc6c5c4)c3)n2)cc1.c1ccc(-c2cccc(-c3cc(-c4ccc(-c5cc(-c6ccc(-c7cc(-c8ccccc8)nc(-c8ccccc8)n7)cc6)c6oc7ccccc7c6c5)cc4)nc(-c4ccccc4)n3)c2)cc1. The molecule has 0 atom stereocenters. The maximum atomic E-state index is 6.64. The van der Waals surface area contributed by atoms with E-state index in [0.29, 0.717) is 34.9 Å². The first kappa shape index (κ1) is 73.0. The maximum Gasteiger partial charge on any atom is 0.167 e. The van der Waals surface area contributed by atoms with Crippen molar-refractivity contribution in [2.24, 2.45) is 0 Å². The molecule has 0 amide bonds. The summed E-state index contributed by atoms with van der Waals surface area (Å²) in [5.74, 6) is 3.73.